The minimum absolute atomic E-state index is 0.120. The number of hydrogen-bond donors (Lipinski definition) is 2. The van der Waals surface area contributed by atoms with Gasteiger partial charge < -0.3 is 10.1 Å². The van der Waals surface area contributed by atoms with Crippen molar-refractivity contribution >= 4 is 21.6 Å². The summed E-state index contributed by atoms with van der Waals surface area (Å²) >= 11 is 0. The van der Waals surface area contributed by atoms with Crippen LogP contribution in [0.2, 0.25) is 0 Å². The smallest absolute Gasteiger partial charge is 0.262 e. The number of hydrogen-bond acceptors (Lipinski definition) is 4. The molecule has 0 radical (unpaired) electrons. The Balaban J connectivity index is 1.79. The second-order valence-corrected chi connectivity index (χ2v) is 8.41. The predicted octanol–water partition coefficient (Wildman–Crippen LogP) is 2.93. The van der Waals surface area contributed by atoms with Crippen LogP contribution in [0.15, 0.2) is 41.3 Å². The van der Waals surface area contributed by atoms with Gasteiger partial charge in [-0.15, -0.1) is 0 Å². The fourth-order valence-corrected chi connectivity index (χ4v) is 4.04. The Morgan fingerprint density at radius 1 is 1.19 bits per heavy atom. The van der Waals surface area contributed by atoms with Gasteiger partial charge in [-0.2, -0.15) is 0 Å². The second kappa shape index (κ2) is 7.09. The average Bonchev–Trinajstić information content (AvgIpc) is 2.59. The molecule has 0 spiro atoms. The molecule has 3 rings (SSSR count). The second-order valence-electron chi connectivity index (χ2n) is 6.67. The molecule has 0 saturated carbocycles. The van der Waals surface area contributed by atoms with E-state index in [0.717, 1.165) is 5.56 Å². The van der Waals surface area contributed by atoms with Crippen molar-refractivity contribution in [3.8, 4) is 5.75 Å². The molecule has 2 aromatic rings. The molecule has 0 fully saturated rings. The minimum atomic E-state index is -3.71. The van der Waals surface area contributed by atoms with Crippen molar-refractivity contribution in [3.05, 3.63) is 53.1 Å². The highest BCUT2D eigenvalue weighted by Gasteiger charge is 2.23. The molecule has 2 N–H and O–H groups in total. The Labute approximate surface area is 153 Å². The summed E-state index contributed by atoms with van der Waals surface area (Å²) in [5.41, 5.74) is 3.12. The molecule has 7 heteroatoms. The van der Waals surface area contributed by atoms with E-state index in [1.54, 1.807) is 13.0 Å². The Morgan fingerprint density at radius 2 is 1.88 bits per heavy atom. The number of fused-ring (bicyclic) bond motifs is 1. The van der Waals surface area contributed by atoms with Crippen molar-refractivity contribution in [2.24, 2.45) is 0 Å². The van der Waals surface area contributed by atoms with Gasteiger partial charge in [-0.3, -0.25) is 4.79 Å². The molecule has 1 amide bonds. The van der Waals surface area contributed by atoms with E-state index in [-0.39, 0.29) is 24.0 Å². The largest absolute Gasteiger partial charge is 0.482 e. The molecule has 1 aliphatic heterocycles. The molecule has 0 atom stereocenters. The number of sulfonamides is 1. The van der Waals surface area contributed by atoms with E-state index < -0.39 is 10.0 Å². The van der Waals surface area contributed by atoms with Crippen LogP contribution < -0.4 is 14.8 Å². The van der Waals surface area contributed by atoms with Gasteiger partial charge in [0.25, 0.3) is 5.91 Å². The van der Waals surface area contributed by atoms with Gasteiger partial charge in [0.1, 0.15) is 5.75 Å². The zero-order chi connectivity index (χ0) is 18.9. The Hall–Kier alpha value is -2.38. The third-order valence-electron chi connectivity index (χ3n) is 4.31. The number of carbonyl (C=O) groups excluding carboxylic acids is 1. The van der Waals surface area contributed by atoms with Gasteiger partial charge in [-0.05, 0) is 35.6 Å². The monoisotopic (exact) mass is 374 g/mol. The van der Waals surface area contributed by atoms with Crippen LogP contribution in [0.3, 0.4) is 0 Å². The lowest BCUT2D eigenvalue weighted by Gasteiger charge is -2.20. The predicted molar refractivity (Wildman–Crippen MR) is 99.9 cm³/mol. The van der Waals surface area contributed by atoms with E-state index in [4.69, 9.17) is 4.74 Å². The number of rotatable bonds is 5. The lowest BCUT2D eigenvalue weighted by atomic mass is 10.0. The molecule has 0 bridgehead atoms. The number of amides is 1. The van der Waals surface area contributed by atoms with Crippen LogP contribution in [0.5, 0.6) is 5.75 Å². The van der Waals surface area contributed by atoms with E-state index in [2.05, 4.69) is 23.9 Å². The van der Waals surface area contributed by atoms with Crippen molar-refractivity contribution < 1.29 is 17.9 Å². The first-order valence-corrected chi connectivity index (χ1v) is 9.90. The molecule has 0 aromatic heterocycles. The van der Waals surface area contributed by atoms with Crippen LogP contribution in [0.1, 0.15) is 36.5 Å². The number of aryl methyl sites for hydroxylation is 1. The summed E-state index contributed by atoms with van der Waals surface area (Å²) in [6.45, 7) is 6.00. The van der Waals surface area contributed by atoms with Gasteiger partial charge in [-0.25, -0.2) is 13.1 Å². The number of carbonyl (C=O) groups is 1. The summed E-state index contributed by atoms with van der Waals surface area (Å²) in [6.07, 6.45) is 0. The molecule has 138 valence electrons. The summed E-state index contributed by atoms with van der Waals surface area (Å²) in [7, 11) is -3.71. The molecule has 1 aliphatic rings. The van der Waals surface area contributed by atoms with E-state index >= 15 is 0 Å². The lowest BCUT2D eigenvalue weighted by Crippen LogP contribution is -2.27. The van der Waals surface area contributed by atoms with Gasteiger partial charge in [0.15, 0.2) is 6.61 Å². The molecular formula is C19H22N2O4S. The number of nitrogens with one attached hydrogen (secondary N) is 2. The maximum absolute atomic E-state index is 12.7. The highest BCUT2D eigenvalue weighted by atomic mass is 32.2. The van der Waals surface area contributed by atoms with E-state index in [1.165, 1.54) is 11.6 Å². The lowest BCUT2D eigenvalue weighted by molar-refractivity contribution is -0.118. The fraction of sp³-hybridized carbons (Fsp3) is 0.316. The van der Waals surface area contributed by atoms with Crippen molar-refractivity contribution in [1.82, 2.24) is 4.72 Å². The first-order valence-electron chi connectivity index (χ1n) is 8.42. The number of ether oxygens (including phenoxy) is 1. The molecule has 1 heterocycles. The van der Waals surface area contributed by atoms with E-state index in [1.807, 2.05) is 24.3 Å². The standard InChI is InChI=1S/C19H22N2O4S/c1-12(2)15-6-4-14(5-7-15)10-20-26(23,24)18-9-17-16(8-13(18)3)21-19(22)11-25-17/h4-9,12,20H,10-11H2,1-3H3,(H,21,22). The maximum atomic E-state index is 12.7. The quantitative estimate of drug-likeness (QED) is 0.843. The summed E-state index contributed by atoms with van der Waals surface area (Å²) in [4.78, 5) is 11.5. The van der Waals surface area contributed by atoms with Crippen molar-refractivity contribution in [2.45, 2.75) is 38.1 Å². The SMILES string of the molecule is Cc1cc2c(cc1S(=O)(=O)NCc1ccc(C(C)C)cc1)OCC(=O)N2. The van der Waals surface area contributed by atoms with Gasteiger partial charge in [0.2, 0.25) is 10.0 Å². The van der Waals surface area contributed by atoms with Crippen molar-refractivity contribution in [2.75, 3.05) is 11.9 Å². The van der Waals surface area contributed by atoms with Crippen LogP contribution in [-0.4, -0.2) is 20.9 Å². The molecule has 0 aliphatic carbocycles. The minimum Gasteiger partial charge on any atom is -0.482 e. The Morgan fingerprint density at radius 3 is 2.54 bits per heavy atom. The maximum Gasteiger partial charge on any atom is 0.262 e. The average molecular weight is 374 g/mol. The van der Waals surface area contributed by atoms with Crippen LogP contribution in [0, 0.1) is 6.92 Å². The first kappa shape index (κ1) is 18.4. The third-order valence-corrected chi connectivity index (χ3v) is 5.86. The molecule has 2 aromatic carbocycles. The normalized spacial score (nSPS) is 13.9. The van der Waals surface area contributed by atoms with Crippen LogP contribution >= 0.6 is 0 Å². The fourth-order valence-electron chi connectivity index (χ4n) is 2.78. The van der Waals surface area contributed by atoms with Crippen molar-refractivity contribution in [1.29, 1.82) is 0 Å². The molecule has 6 nitrogen and oxygen atoms in total. The molecule has 0 saturated heterocycles. The third kappa shape index (κ3) is 3.89. The Kier molecular flexibility index (Phi) is 5.02. The zero-order valence-corrected chi connectivity index (χ0v) is 15.8. The van der Waals surface area contributed by atoms with Crippen LogP contribution in [0.25, 0.3) is 0 Å². The van der Waals surface area contributed by atoms with Gasteiger partial charge in [0, 0.05) is 12.6 Å². The number of anilines is 1. The highest BCUT2D eigenvalue weighted by molar-refractivity contribution is 7.89. The van der Waals surface area contributed by atoms with Crippen LogP contribution in [0.4, 0.5) is 5.69 Å². The van der Waals surface area contributed by atoms with E-state index in [9.17, 15) is 13.2 Å². The molecule has 26 heavy (non-hydrogen) atoms. The van der Waals surface area contributed by atoms with Crippen LogP contribution in [-0.2, 0) is 21.4 Å². The van der Waals surface area contributed by atoms with Gasteiger partial charge in [0.05, 0.1) is 10.6 Å². The molecular weight excluding hydrogens is 352 g/mol. The van der Waals surface area contributed by atoms with E-state index in [0.29, 0.717) is 22.9 Å². The summed E-state index contributed by atoms with van der Waals surface area (Å²) in [5.74, 6) is 0.534. The highest BCUT2D eigenvalue weighted by Crippen LogP contribution is 2.32. The Bertz CT molecular complexity index is 935. The zero-order valence-electron chi connectivity index (χ0n) is 15.0. The van der Waals surface area contributed by atoms with Gasteiger partial charge in [-0.1, -0.05) is 38.1 Å². The topological polar surface area (TPSA) is 84.5 Å². The summed E-state index contributed by atoms with van der Waals surface area (Å²) in [6, 6.07) is 10.9. The summed E-state index contributed by atoms with van der Waals surface area (Å²) in [5, 5.41) is 2.67. The number of benzene rings is 2. The van der Waals surface area contributed by atoms with Gasteiger partial charge >= 0.3 is 0 Å². The van der Waals surface area contributed by atoms with Crippen molar-refractivity contribution in [3.63, 3.8) is 0 Å². The summed E-state index contributed by atoms with van der Waals surface area (Å²) < 4.78 is 33.3. The first-order chi connectivity index (χ1) is 12.3. The molecule has 0 unspecified atom stereocenters.